The first kappa shape index (κ1) is 27.0. The lowest BCUT2D eigenvalue weighted by Crippen LogP contribution is -2.21. The van der Waals surface area contributed by atoms with Crippen LogP contribution in [0.1, 0.15) is 49.4 Å². The van der Waals surface area contributed by atoms with Gasteiger partial charge in [0.1, 0.15) is 0 Å². The van der Waals surface area contributed by atoms with Crippen LogP contribution in [0.25, 0.3) is 0 Å². The summed E-state index contributed by atoms with van der Waals surface area (Å²) >= 11 is 0. The van der Waals surface area contributed by atoms with Crippen LogP contribution in [0.2, 0.25) is 0 Å². The van der Waals surface area contributed by atoms with Crippen LogP contribution in [0.4, 0.5) is 17.1 Å². The normalized spacial score (nSPS) is 10.2. The van der Waals surface area contributed by atoms with Crippen molar-refractivity contribution in [2.45, 2.75) is 39.0 Å². The molecule has 0 spiro atoms. The van der Waals surface area contributed by atoms with E-state index in [-0.39, 0.29) is 24.2 Å². The highest BCUT2D eigenvalue weighted by Crippen LogP contribution is 2.17. The van der Waals surface area contributed by atoms with Crippen molar-refractivity contribution in [2.24, 2.45) is 0 Å². The quantitative estimate of drug-likeness (QED) is 0.188. The van der Waals surface area contributed by atoms with E-state index in [0.29, 0.717) is 17.9 Å². The summed E-state index contributed by atoms with van der Waals surface area (Å²) in [4.78, 5) is 57.9. The smallest absolute Gasteiger partial charge is 0.338 e. The number of benzene rings is 2. The van der Waals surface area contributed by atoms with Crippen molar-refractivity contribution < 1.29 is 33.6 Å². The van der Waals surface area contributed by atoms with Crippen LogP contribution in [0.3, 0.4) is 0 Å². The Balaban J connectivity index is 1.69. The Kier molecular flexibility index (Phi) is 10.9. The van der Waals surface area contributed by atoms with E-state index in [0.717, 1.165) is 19.3 Å². The van der Waals surface area contributed by atoms with Crippen LogP contribution in [0.15, 0.2) is 48.5 Å². The molecule has 35 heavy (non-hydrogen) atoms. The summed E-state index contributed by atoms with van der Waals surface area (Å²) in [7, 11) is 0. The van der Waals surface area contributed by atoms with Crippen molar-refractivity contribution in [3.05, 3.63) is 64.2 Å². The van der Waals surface area contributed by atoms with Crippen molar-refractivity contribution in [3.63, 3.8) is 0 Å². The van der Waals surface area contributed by atoms with Crippen molar-refractivity contribution in [3.8, 4) is 0 Å². The first-order chi connectivity index (χ1) is 16.8. The zero-order chi connectivity index (χ0) is 25.6. The minimum atomic E-state index is -0.754. The number of hydrogen-bond donors (Lipinski definition) is 2. The van der Waals surface area contributed by atoms with Crippen molar-refractivity contribution in [1.29, 1.82) is 0 Å². The molecule has 2 aromatic rings. The molecule has 0 aliphatic rings. The number of rotatable bonds is 13. The molecule has 0 heterocycles. The van der Waals surface area contributed by atoms with Gasteiger partial charge >= 0.3 is 11.9 Å². The van der Waals surface area contributed by atoms with Gasteiger partial charge in [0.25, 0.3) is 11.6 Å². The third-order valence-electron chi connectivity index (χ3n) is 4.65. The maximum atomic E-state index is 12.1. The Labute approximate surface area is 201 Å². The summed E-state index contributed by atoms with van der Waals surface area (Å²) < 4.78 is 10.00. The zero-order valence-corrected chi connectivity index (χ0v) is 19.3. The van der Waals surface area contributed by atoms with E-state index >= 15 is 0 Å². The van der Waals surface area contributed by atoms with E-state index in [1.165, 1.54) is 36.4 Å². The second kappa shape index (κ2) is 14.1. The standard InChI is InChI=1S/C24H27N3O8/c1-2-3-4-14-34-24(31)17-8-10-18(11-9-17)25-21(28)12-13-23(30)35-16-22(29)26-19-6-5-7-20(15-19)27(32)33/h5-11,15H,2-4,12-14,16H2,1H3,(H,25,28)(H,26,29). The van der Waals surface area contributed by atoms with Gasteiger partial charge in [0.15, 0.2) is 6.61 Å². The number of non-ortho nitro benzene ring substituents is 1. The maximum absolute atomic E-state index is 12.1. The zero-order valence-electron chi connectivity index (χ0n) is 19.3. The van der Waals surface area contributed by atoms with Crippen LogP contribution in [-0.4, -0.2) is 41.9 Å². The molecule has 0 aromatic heterocycles. The Morgan fingerprint density at radius 2 is 1.60 bits per heavy atom. The number of carbonyl (C=O) groups excluding carboxylic acids is 4. The number of nitro benzene ring substituents is 1. The molecular formula is C24H27N3O8. The Hall–Kier alpha value is -4.28. The fraction of sp³-hybridized carbons (Fsp3) is 0.333. The monoisotopic (exact) mass is 485 g/mol. The summed E-state index contributed by atoms with van der Waals surface area (Å²) in [6.45, 7) is 1.82. The number of amides is 2. The molecule has 0 aliphatic heterocycles. The molecule has 2 aromatic carbocycles. The van der Waals surface area contributed by atoms with E-state index in [4.69, 9.17) is 9.47 Å². The Bertz CT molecular complexity index is 1050. The highest BCUT2D eigenvalue weighted by molar-refractivity contribution is 5.95. The minimum absolute atomic E-state index is 0.174. The van der Waals surface area contributed by atoms with Gasteiger partial charge in [-0.1, -0.05) is 25.8 Å². The van der Waals surface area contributed by atoms with E-state index < -0.39 is 35.3 Å². The van der Waals surface area contributed by atoms with Gasteiger partial charge in [-0.15, -0.1) is 0 Å². The topological polar surface area (TPSA) is 154 Å². The molecule has 0 unspecified atom stereocenters. The van der Waals surface area contributed by atoms with Gasteiger partial charge in [0, 0.05) is 29.9 Å². The largest absolute Gasteiger partial charge is 0.462 e. The second-order valence-corrected chi connectivity index (χ2v) is 7.48. The van der Waals surface area contributed by atoms with Gasteiger partial charge in [-0.25, -0.2) is 4.79 Å². The number of esters is 2. The van der Waals surface area contributed by atoms with E-state index in [1.54, 1.807) is 12.1 Å². The second-order valence-electron chi connectivity index (χ2n) is 7.48. The molecule has 11 nitrogen and oxygen atoms in total. The first-order valence-corrected chi connectivity index (χ1v) is 11.1. The van der Waals surface area contributed by atoms with E-state index in [1.807, 2.05) is 0 Å². The highest BCUT2D eigenvalue weighted by atomic mass is 16.6. The molecule has 0 atom stereocenters. The lowest BCUT2D eigenvalue weighted by Gasteiger charge is -2.08. The first-order valence-electron chi connectivity index (χ1n) is 11.1. The fourth-order valence-electron chi connectivity index (χ4n) is 2.84. The summed E-state index contributed by atoms with van der Waals surface area (Å²) in [6, 6.07) is 11.5. The Morgan fingerprint density at radius 3 is 2.29 bits per heavy atom. The Morgan fingerprint density at radius 1 is 0.886 bits per heavy atom. The third kappa shape index (κ3) is 10.0. The molecular weight excluding hydrogens is 458 g/mol. The number of ether oxygens (including phenoxy) is 2. The van der Waals surface area contributed by atoms with Crippen molar-refractivity contribution >= 4 is 40.8 Å². The van der Waals surface area contributed by atoms with Crippen LogP contribution >= 0.6 is 0 Å². The minimum Gasteiger partial charge on any atom is -0.462 e. The summed E-state index contributed by atoms with van der Waals surface area (Å²) in [6.07, 6.45) is 2.40. The summed E-state index contributed by atoms with van der Waals surface area (Å²) in [5, 5.41) is 15.8. The average Bonchev–Trinajstić information content (AvgIpc) is 2.84. The molecule has 0 saturated carbocycles. The van der Waals surface area contributed by atoms with Gasteiger partial charge in [-0.2, -0.15) is 0 Å². The van der Waals surface area contributed by atoms with Crippen LogP contribution in [0.5, 0.6) is 0 Å². The predicted molar refractivity (Wildman–Crippen MR) is 127 cm³/mol. The predicted octanol–water partition coefficient (Wildman–Crippen LogP) is 3.84. The number of carbonyl (C=O) groups is 4. The fourth-order valence-corrected chi connectivity index (χ4v) is 2.84. The third-order valence-corrected chi connectivity index (χ3v) is 4.65. The van der Waals surface area contributed by atoms with Crippen LogP contribution in [0, 0.1) is 10.1 Å². The van der Waals surface area contributed by atoms with Gasteiger partial charge in [-0.05, 0) is 36.8 Å². The molecule has 2 N–H and O–H groups in total. The molecule has 0 aliphatic carbocycles. The number of anilines is 2. The molecule has 2 amide bonds. The van der Waals surface area contributed by atoms with E-state index in [9.17, 15) is 29.3 Å². The van der Waals surface area contributed by atoms with Gasteiger partial charge < -0.3 is 20.1 Å². The van der Waals surface area contributed by atoms with Crippen molar-refractivity contribution in [2.75, 3.05) is 23.8 Å². The molecule has 2 rings (SSSR count). The van der Waals surface area contributed by atoms with E-state index in [2.05, 4.69) is 17.6 Å². The number of nitro groups is 1. The maximum Gasteiger partial charge on any atom is 0.338 e. The molecule has 0 fully saturated rings. The SMILES string of the molecule is CCCCCOC(=O)c1ccc(NC(=O)CCC(=O)OCC(=O)Nc2cccc([N+](=O)[O-])c2)cc1. The molecule has 0 saturated heterocycles. The molecule has 0 bridgehead atoms. The number of nitrogens with zero attached hydrogens (tertiary/aromatic N) is 1. The molecule has 186 valence electrons. The summed E-state index contributed by atoms with van der Waals surface area (Å²) in [5.41, 5.74) is 0.812. The lowest BCUT2D eigenvalue weighted by molar-refractivity contribution is -0.384. The number of hydrogen-bond acceptors (Lipinski definition) is 8. The van der Waals surface area contributed by atoms with Gasteiger partial charge in [0.2, 0.25) is 5.91 Å². The van der Waals surface area contributed by atoms with Crippen LogP contribution in [-0.2, 0) is 23.9 Å². The summed E-state index contributed by atoms with van der Waals surface area (Å²) in [5.74, 6) is -2.31. The lowest BCUT2D eigenvalue weighted by atomic mass is 10.2. The van der Waals surface area contributed by atoms with Gasteiger partial charge in [-0.3, -0.25) is 24.5 Å². The molecule has 11 heteroatoms. The van der Waals surface area contributed by atoms with Gasteiger partial charge in [0.05, 0.1) is 23.5 Å². The number of unbranched alkanes of at least 4 members (excludes halogenated alkanes) is 2. The highest BCUT2D eigenvalue weighted by Gasteiger charge is 2.13. The van der Waals surface area contributed by atoms with Crippen LogP contribution < -0.4 is 10.6 Å². The molecule has 0 radical (unpaired) electrons. The average molecular weight is 485 g/mol. The van der Waals surface area contributed by atoms with Crippen molar-refractivity contribution in [1.82, 2.24) is 0 Å². The number of nitrogens with one attached hydrogen (secondary N) is 2.